The maximum atomic E-state index is 13.1. The summed E-state index contributed by atoms with van der Waals surface area (Å²) in [6, 6.07) is 5.65. The minimum absolute atomic E-state index is 0.0195. The summed E-state index contributed by atoms with van der Waals surface area (Å²) < 4.78 is 5.60. The molecule has 1 aliphatic heterocycles. The van der Waals surface area contributed by atoms with Gasteiger partial charge in [0.25, 0.3) is 5.69 Å². The molecular formula is C22H29N3O6. The molecule has 2 N–H and O–H groups in total. The number of dihydropyridines is 1. The number of carboxylic acid groups (broad SMARTS) is 1. The van der Waals surface area contributed by atoms with E-state index in [1.54, 1.807) is 19.9 Å². The molecule has 0 saturated heterocycles. The first-order valence-corrected chi connectivity index (χ1v) is 9.95. The van der Waals surface area contributed by atoms with Crippen molar-refractivity contribution in [1.29, 1.82) is 0 Å². The summed E-state index contributed by atoms with van der Waals surface area (Å²) in [5.74, 6) is -2.64. The van der Waals surface area contributed by atoms with Gasteiger partial charge in [-0.25, -0.2) is 9.59 Å². The number of carbonyl (C=O) groups is 2. The van der Waals surface area contributed by atoms with Crippen molar-refractivity contribution in [2.24, 2.45) is 5.92 Å². The fraction of sp³-hybridized carbons (Fsp3) is 0.455. The number of hydrogen-bond acceptors (Lipinski definition) is 7. The number of ether oxygens (including phenoxy) is 1. The van der Waals surface area contributed by atoms with Crippen LogP contribution in [-0.2, 0) is 14.3 Å². The molecule has 0 aliphatic carbocycles. The van der Waals surface area contributed by atoms with Crippen LogP contribution >= 0.6 is 0 Å². The number of nitrogens with one attached hydrogen (secondary N) is 1. The number of hydrogen-bond donors (Lipinski definition) is 2. The number of carbonyl (C=O) groups excluding carboxylic acids is 1. The van der Waals surface area contributed by atoms with Gasteiger partial charge in [-0.15, -0.1) is 0 Å². The SMILES string of the molecule is CC1=C(C(=O)O)C(c2cccc([N+](=O)[O-])c2)C(C(=O)OCC(C(C)C)N(C)C)=C(C)N1. The quantitative estimate of drug-likeness (QED) is 0.366. The van der Waals surface area contributed by atoms with E-state index in [2.05, 4.69) is 5.32 Å². The van der Waals surface area contributed by atoms with Gasteiger partial charge in [0.2, 0.25) is 0 Å². The van der Waals surface area contributed by atoms with E-state index in [1.165, 1.54) is 18.2 Å². The first-order valence-electron chi connectivity index (χ1n) is 9.95. The molecule has 0 bridgehead atoms. The third kappa shape index (κ3) is 5.29. The number of allylic oxidation sites excluding steroid dienone is 2. The zero-order chi connectivity index (χ0) is 23.5. The second kappa shape index (κ2) is 9.74. The maximum absolute atomic E-state index is 13.1. The zero-order valence-corrected chi connectivity index (χ0v) is 18.6. The van der Waals surface area contributed by atoms with E-state index < -0.39 is 22.8 Å². The molecule has 0 radical (unpaired) electrons. The molecule has 2 rings (SSSR count). The van der Waals surface area contributed by atoms with E-state index in [1.807, 2.05) is 32.8 Å². The van der Waals surface area contributed by atoms with Crippen LogP contribution in [-0.4, -0.2) is 53.6 Å². The lowest BCUT2D eigenvalue weighted by atomic mass is 9.80. The van der Waals surface area contributed by atoms with Crippen LogP contribution in [0.25, 0.3) is 0 Å². The lowest BCUT2D eigenvalue weighted by Gasteiger charge is -2.31. The molecule has 9 nitrogen and oxygen atoms in total. The number of likely N-dealkylation sites (N-methyl/N-ethyl adjacent to an activating group) is 1. The summed E-state index contributed by atoms with van der Waals surface area (Å²) in [5, 5.41) is 24.1. The summed E-state index contributed by atoms with van der Waals surface area (Å²) in [6.45, 7) is 7.43. The fourth-order valence-corrected chi connectivity index (χ4v) is 3.88. The van der Waals surface area contributed by atoms with Crippen molar-refractivity contribution in [3.8, 4) is 0 Å². The first-order chi connectivity index (χ1) is 14.5. The Labute approximate surface area is 181 Å². The Bertz CT molecular complexity index is 940. The van der Waals surface area contributed by atoms with Gasteiger partial charge in [0.05, 0.1) is 22.0 Å². The molecule has 2 unspecified atom stereocenters. The molecule has 0 saturated carbocycles. The monoisotopic (exact) mass is 431 g/mol. The van der Waals surface area contributed by atoms with Crippen LogP contribution in [0.2, 0.25) is 0 Å². The zero-order valence-electron chi connectivity index (χ0n) is 18.6. The largest absolute Gasteiger partial charge is 0.478 e. The molecule has 2 atom stereocenters. The highest BCUT2D eigenvalue weighted by Gasteiger charge is 2.38. The smallest absolute Gasteiger partial charge is 0.336 e. The van der Waals surface area contributed by atoms with E-state index in [4.69, 9.17) is 4.74 Å². The molecule has 1 aliphatic rings. The number of non-ortho nitro benzene ring substituents is 1. The van der Waals surface area contributed by atoms with Crippen LogP contribution in [0, 0.1) is 16.0 Å². The summed E-state index contributed by atoms with van der Waals surface area (Å²) in [7, 11) is 3.79. The molecule has 1 aromatic rings. The number of nitro groups is 1. The van der Waals surface area contributed by atoms with Gasteiger partial charge < -0.3 is 20.1 Å². The van der Waals surface area contributed by atoms with Gasteiger partial charge in [0.1, 0.15) is 6.61 Å². The predicted octanol–water partition coefficient (Wildman–Crippen LogP) is 3.04. The second-order valence-corrected chi connectivity index (χ2v) is 8.17. The van der Waals surface area contributed by atoms with Crippen LogP contribution in [0.4, 0.5) is 5.69 Å². The Balaban J connectivity index is 2.51. The van der Waals surface area contributed by atoms with Crippen molar-refractivity contribution in [3.63, 3.8) is 0 Å². The highest BCUT2D eigenvalue weighted by atomic mass is 16.6. The van der Waals surface area contributed by atoms with Crippen molar-refractivity contribution in [1.82, 2.24) is 10.2 Å². The Morgan fingerprint density at radius 3 is 2.35 bits per heavy atom. The Morgan fingerprint density at radius 1 is 1.23 bits per heavy atom. The first kappa shape index (κ1) is 24.1. The minimum Gasteiger partial charge on any atom is -0.478 e. The third-order valence-electron chi connectivity index (χ3n) is 5.44. The summed E-state index contributed by atoms with van der Waals surface area (Å²) in [5.41, 5.74) is 1.06. The topological polar surface area (TPSA) is 122 Å². The maximum Gasteiger partial charge on any atom is 0.336 e. The van der Waals surface area contributed by atoms with Crippen LogP contribution < -0.4 is 5.32 Å². The van der Waals surface area contributed by atoms with E-state index in [0.717, 1.165) is 0 Å². The van der Waals surface area contributed by atoms with Crippen molar-refractivity contribution in [2.75, 3.05) is 20.7 Å². The van der Waals surface area contributed by atoms with E-state index in [-0.39, 0.29) is 35.4 Å². The normalized spacial score (nSPS) is 17.6. The van der Waals surface area contributed by atoms with Gasteiger partial charge in [0.15, 0.2) is 0 Å². The Hall–Kier alpha value is -3.20. The van der Waals surface area contributed by atoms with Gasteiger partial charge >= 0.3 is 11.9 Å². The predicted molar refractivity (Wildman–Crippen MR) is 115 cm³/mol. The highest BCUT2D eigenvalue weighted by Crippen LogP contribution is 2.39. The number of nitro benzene ring substituents is 1. The molecule has 0 amide bonds. The van der Waals surface area contributed by atoms with Crippen molar-refractivity contribution < 1.29 is 24.4 Å². The van der Waals surface area contributed by atoms with E-state index in [0.29, 0.717) is 17.0 Å². The van der Waals surface area contributed by atoms with Gasteiger partial charge in [-0.2, -0.15) is 0 Å². The molecule has 0 fully saturated rings. The van der Waals surface area contributed by atoms with Gasteiger partial charge in [-0.1, -0.05) is 26.0 Å². The number of rotatable bonds is 8. The van der Waals surface area contributed by atoms with Crippen molar-refractivity contribution in [2.45, 2.75) is 39.7 Å². The van der Waals surface area contributed by atoms with Crippen LogP contribution in [0.1, 0.15) is 39.2 Å². The van der Waals surface area contributed by atoms with Crippen LogP contribution in [0.3, 0.4) is 0 Å². The standard InChI is InChI=1S/C22H29N3O6/c1-12(2)17(24(5)6)11-31-22(28)19-14(4)23-13(3)18(21(26)27)20(19)15-8-7-9-16(10-15)25(29)30/h7-10,12,17,20,23H,11H2,1-6H3,(H,26,27). The fourth-order valence-electron chi connectivity index (χ4n) is 3.88. The van der Waals surface area contributed by atoms with Crippen LogP contribution in [0.15, 0.2) is 46.8 Å². The number of aliphatic carboxylic acids is 1. The Kier molecular flexibility index (Phi) is 7.56. The average Bonchev–Trinajstić information content (AvgIpc) is 2.66. The summed E-state index contributed by atoms with van der Waals surface area (Å²) >= 11 is 0. The second-order valence-electron chi connectivity index (χ2n) is 8.17. The molecular weight excluding hydrogens is 402 g/mol. The van der Waals surface area contributed by atoms with E-state index in [9.17, 15) is 24.8 Å². The number of nitrogens with zero attached hydrogens (tertiary/aromatic N) is 2. The number of benzene rings is 1. The lowest BCUT2D eigenvalue weighted by molar-refractivity contribution is -0.384. The lowest BCUT2D eigenvalue weighted by Crippen LogP contribution is -2.39. The van der Waals surface area contributed by atoms with Crippen molar-refractivity contribution >= 4 is 17.6 Å². The van der Waals surface area contributed by atoms with Gasteiger partial charge in [0, 0.05) is 29.6 Å². The van der Waals surface area contributed by atoms with Gasteiger partial charge in [-0.3, -0.25) is 10.1 Å². The summed E-state index contributed by atoms with van der Waals surface area (Å²) in [4.78, 5) is 37.9. The molecule has 1 aromatic carbocycles. The number of esters is 1. The summed E-state index contributed by atoms with van der Waals surface area (Å²) in [6.07, 6.45) is 0. The van der Waals surface area contributed by atoms with Crippen LogP contribution in [0.5, 0.6) is 0 Å². The van der Waals surface area contributed by atoms with Crippen molar-refractivity contribution in [3.05, 3.63) is 62.5 Å². The number of carboxylic acids is 1. The average molecular weight is 431 g/mol. The Morgan fingerprint density at radius 2 is 1.84 bits per heavy atom. The molecule has 1 heterocycles. The molecule has 168 valence electrons. The molecule has 0 aromatic heterocycles. The van der Waals surface area contributed by atoms with E-state index >= 15 is 0 Å². The minimum atomic E-state index is -1.22. The third-order valence-corrected chi connectivity index (χ3v) is 5.44. The molecule has 0 spiro atoms. The highest BCUT2D eigenvalue weighted by molar-refractivity contribution is 5.99. The molecule has 9 heteroatoms. The van der Waals surface area contributed by atoms with Gasteiger partial charge in [-0.05, 0) is 39.4 Å². The molecule has 31 heavy (non-hydrogen) atoms.